The van der Waals surface area contributed by atoms with Crippen molar-refractivity contribution >= 4 is 0 Å². The number of aliphatic hydroxyl groups is 1. The van der Waals surface area contributed by atoms with Crippen molar-refractivity contribution < 1.29 is 5.11 Å². The van der Waals surface area contributed by atoms with E-state index in [1.807, 2.05) is 74.8 Å². The molecule has 0 fully saturated rings. The molecule has 0 atom stereocenters. The van der Waals surface area contributed by atoms with E-state index in [2.05, 4.69) is 17.1 Å². The summed E-state index contributed by atoms with van der Waals surface area (Å²) in [4.78, 5) is 2.10. The lowest BCUT2D eigenvalue weighted by atomic mass is 9.83. The highest BCUT2D eigenvalue weighted by atomic mass is 16.3. The minimum Gasteiger partial charge on any atom is -0.380 e. The standard InChI is InChI=1S/C19H23NO/c1-20(2)16-10-9-15-19(21,17-11-5-3-6-12-17)18-13-7-4-8-14-18/h3-14,21H,15-16H2,1-2H3. The Morgan fingerprint density at radius 2 is 1.33 bits per heavy atom. The van der Waals surface area contributed by atoms with E-state index < -0.39 is 5.60 Å². The highest BCUT2D eigenvalue weighted by Crippen LogP contribution is 2.33. The van der Waals surface area contributed by atoms with E-state index in [4.69, 9.17) is 0 Å². The van der Waals surface area contributed by atoms with Crippen molar-refractivity contribution in [1.29, 1.82) is 0 Å². The normalized spacial score (nSPS) is 12.2. The molecule has 0 aliphatic rings. The van der Waals surface area contributed by atoms with Crippen LogP contribution in [0.3, 0.4) is 0 Å². The molecule has 2 rings (SSSR count). The van der Waals surface area contributed by atoms with Gasteiger partial charge in [-0.15, -0.1) is 0 Å². The maximum atomic E-state index is 11.3. The van der Waals surface area contributed by atoms with E-state index >= 15 is 0 Å². The van der Waals surface area contributed by atoms with Crippen LogP contribution in [0.4, 0.5) is 0 Å². The topological polar surface area (TPSA) is 23.5 Å². The van der Waals surface area contributed by atoms with Gasteiger partial charge < -0.3 is 10.0 Å². The van der Waals surface area contributed by atoms with Crippen LogP contribution in [0.15, 0.2) is 72.8 Å². The van der Waals surface area contributed by atoms with Gasteiger partial charge in [-0.25, -0.2) is 0 Å². The molecule has 110 valence electrons. The molecule has 0 aliphatic heterocycles. The summed E-state index contributed by atoms with van der Waals surface area (Å²) in [5.74, 6) is 0. The van der Waals surface area contributed by atoms with Crippen LogP contribution in [0.1, 0.15) is 17.5 Å². The molecule has 0 unspecified atom stereocenters. The Balaban J connectivity index is 2.29. The van der Waals surface area contributed by atoms with Gasteiger partial charge in [-0.1, -0.05) is 72.8 Å². The zero-order valence-electron chi connectivity index (χ0n) is 12.7. The molecule has 2 heteroatoms. The second-order valence-electron chi connectivity index (χ2n) is 5.53. The summed E-state index contributed by atoms with van der Waals surface area (Å²) < 4.78 is 0. The van der Waals surface area contributed by atoms with Gasteiger partial charge >= 0.3 is 0 Å². The zero-order chi connectivity index (χ0) is 15.1. The fraction of sp³-hybridized carbons (Fsp3) is 0.263. The van der Waals surface area contributed by atoms with Crippen molar-refractivity contribution in [3.05, 3.63) is 83.9 Å². The minimum absolute atomic E-state index is 0.564. The van der Waals surface area contributed by atoms with Crippen LogP contribution in [0.5, 0.6) is 0 Å². The third kappa shape index (κ3) is 4.03. The van der Waals surface area contributed by atoms with Crippen LogP contribution in [-0.2, 0) is 5.60 Å². The van der Waals surface area contributed by atoms with Crippen molar-refractivity contribution in [3.63, 3.8) is 0 Å². The van der Waals surface area contributed by atoms with Gasteiger partial charge in [-0.05, 0) is 25.2 Å². The lowest BCUT2D eigenvalue weighted by Gasteiger charge is -2.28. The Labute approximate surface area is 127 Å². The average Bonchev–Trinajstić information content (AvgIpc) is 2.53. The molecule has 0 aliphatic carbocycles. The van der Waals surface area contributed by atoms with Crippen molar-refractivity contribution in [2.75, 3.05) is 20.6 Å². The highest BCUT2D eigenvalue weighted by Gasteiger charge is 2.29. The van der Waals surface area contributed by atoms with Crippen LogP contribution in [-0.4, -0.2) is 30.6 Å². The molecular formula is C19H23NO. The van der Waals surface area contributed by atoms with Crippen LogP contribution < -0.4 is 0 Å². The predicted molar refractivity (Wildman–Crippen MR) is 88.2 cm³/mol. The van der Waals surface area contributed by atoms with Crippen LogP contribution in [0.2, 0.25) is 0 Å². The lowest BCUT2D eigenvalue weighted by Crippen LogP contribution is -2.26. The summed E-state index contributed by atoms with van der Waals surface area (Å²) in [6.45, 7) is 0.875. The first-order chi connectivity index (χ1) is 10.1. The fourth-order valence-electron chi connectivity index (χ4n) is 2.37. The van der Waals surface area contributed by atoms with Gasteiger partial charge in [0, 0.05) is 13.0 Å². The smallest absolute Gasteiger partial charge is 0.118 e. The summed E-state index contributed by atoms with van der Waals surface area (Å²) in [6, 6.07) is 19.7. The van der Waals surface area contributed by atoms with Gasteiger partial charge in [0.15, 0.2) is 0 Å². The second-order valence-corrected chi connectivity index (χ2v) is 5.53. The van der Waals surface area contributed by atoms with E-state index in [9.17, 15) is 5.11 Å². The van der Waals surface area contributed by atoms with Gasteiger partial charge in [-0.2, -0.15) is 0 Å². The first kappa shape index (κ1) is 15.5. The van der Waals surface area contributed by atoms with Gasteiger partial charge in [0.2, 0.25) is 0 Å². The molecule has 0 spiro atoms. The number of hydrogen-bond acceptors (Lipinski definition) is 2. The Kier molecular flexibility index (Phi) is 5.32. The molecule has 21 heavy (non-hydrogen) atoms. The summed E-state index contributed by atoms with van der Waals surface area (Å²) in [6.07, 6.45) is 4.71. The van der Waals surface area contributed by atoms with Gasteiger partial charge in [-0.3, -0.25) is 0 Å². The maximum Gasteiger partial charge on any atom is 0.118 e. The molecule has 0 heterocycles. The van der Waals surface area contributed by atoms with Gasteiger partial charge in [0.05, 0.1) is 0 Å². The quantitative estimate of drug-likeness (QED) is 0.820. The van der Waals surface area contributed by atoms with Crippen molar-refractivity contribution in [1.82, 2.24) is 4.90 Å². The Hall–Kier alpha value is -1.90. The molecule has 0 amide bonds. The third-order valence-electron chi connectivity index (χ3n) is 3.55. The Morgan fingerprint density at radius 1 is 0.857 bits per heavy atom. The summed E-state index contributed by atoms with van der Waals surface area (Å²) >= 11 is 0. The number of benzene rings is 2. The van der Waals surface area contributed by atoms with E-state index in [0.29, 0.717) is 6.42 Å². The summed E-state index contributed by atoms with van der Waals surface area (Å²) in [5, 5.41) is 11.3. The fourth-order valence-corrected chi connectivity index (χ4v) is 2.37. The second kappa shape index (κ2) is 7.21. The van der Waals surface area contributed by atoms with Gasteiger partial charge in [0.1, 0.15) is 5.60 Å². The predicted octanol–water partition coefficient (Wildman–Crippen LogP) is 3.43. The Bertz CT molecular complexity index is 521. The van der Waals surface area contributed by atoms with E-state index in [0.717, 1.165) is 17.7 Å². The number of hydrogen-bond donors (Lipinski definition) is 1. The number of rotatable bonds is 6. The van der Waals surface area contributed by atoms with Crippen LogP contribution in [0, 0.1) is 0 Å². The van der Waals surface area contributed by atoms with E-state index in [-0.39, 0.29) is 0 Å². The first-order valence-corrected chi connectivity index (χ1v) is 7.26. The number of likely N-dealkylation sites (N-methyl/N-ethyl adjacent to an activating group) is 1. The molecule has 0 saturated heterocycles. The SMILES string of the molecule is CN(C)CC=CCC(O)(c1ccccc1)c1ccccc1. The van der Waals surface area contributed by atoms with Crippen molar-refractivity contribution in [3.8, 4) is 0 Å². The maximum absolute atomic E-state index is 11.3. The molecule has 0 aromatic heterocycles. The van der Waals surface area contributed by atoms with Crippen molar-refractivity contribution in [2.45, 2.75) is 12.0 Å². The lowest BCUT2D eigenvalue weighted by molar-refractivity contribution is 0.0840. The molecule has 2 aromatic rings. The number of nitrogens with zero attached hydrogens (tertiary/aromatic N) is 1. The summed E-state index contributed by atoms with van der Waals surface area (Å²) in [7, 11) is 4.07. The Morgan fingerprint density at radius 3 is 1.76 bits per heavy atom. The zero-order valence-corrected chi connectivity index (χ0v) is 12.7. The molecular weight excluding hydrogens is 258 g/mol. The largest absolute Gasteiger partial charge is 0.380 e. The highest BCUT2D eigenvalue weighted by molar-refractivity contribution is 5.36. The molecule has 0 saturated carbocycles. The molecule has 1 N–H and O–H groups in total. The molecule has 0 bridgehead atoms. The van der Waals surface area contributed by atoms with Crippen molar-refractivity contribution in [2.24, 2.45) is 0 Å². The van der Waals surface area contributed by atoms with E-state index in [1.165, 1.54) is 0 Å². The molecule has 0 radical (unpaired) electrons. The van der Waals surface area contributed by atoms with Gasteiger partial charge in [0.25, 0.3) is 0 Å². The van der Waals surface area contributed by atoms with E-state index in [1.54, 1.807) is 0 Å². The molecule has 2 aromatic carbocycles. The van der Waals surface area contributed by atoms with Crippen LogP contribution in [0.25, 0.3) is 0 Å². The summed E-state index contributed by atoms with van der Waals surface area (Å²) in [5.41, 5.74) is 0.863. The average molecular weight is 281 g/mol. The monoisotopic (exact) mass is 281 g/mol. The third-order valence-corrected chi connectivity index (χ3v) is 3.55. The minimum atomic E-state index is -0.981. The van der Waals surface area contributed by atoms with Crippen LogP contribution >= 0.6 is 0 Å². The molecule has 2 nitrogen and oxygen atoms in total. The first-order valence-electron chi connectivity index (χ1n) is 7.26.